The summed E-state index contributed by atoms with van der Waals surface area (Å²) >= 11 is 2.61. The highest BCUT2D eigenvalue weighted by Gasteiger charge is 2.22. The van der Waals surface area contributed by atoms with Gasteiger partial charge in [-0.15, -0.1) is 11.3 Å². The predicted molar refractivity (Wildman–Crippen MR) is 76.9 cm³/mol. The molecular formula is C11H12N4O3S2. The van der Waals surface area contributed by atoms with Crippen LogP contribution in [-0.4, -0.2) is 26.8 Å². The molecule has 106 valence electrons. The minimum atomic E-state index is -0.495. The first kappa shape index (κ1) is 14.5. The monoisotopic (exact) mass is 312 g/mol. The maximum Gasteiger partial charge on any atom is 0.323 e. The Morgan fingerprint density at radius 3 is 3.10 bits per heavy atom. The SMILES string of the molecule is Cc1[nH]nc(SCC(=O)NCc2cccs2)c1[N+](=O)[O-]. The molecule has 2 aromatic heterocycles. The lowest BCUT2D eigenvalue weighted by atomic mass is 10.4. The highest BCUT2D eigenvalue weighted by Crippen LogP contribution is 2.29. The van der Waals surface area contributed by atoms with Crippen molar-refractivity contribution in [3.05, 3.63) is 38.2 Å². The Balaban J connectivity index is 1.86. The zero-order valence-electron chi connectivity index (χ0n) is 10.6. The molecule has 0 bridgehead atoms. The van der Waals surface area contributed by atoms with E-state index in [4.69, 9.17) is 0 Å². The van der Waals surface area contributed by atoms with Gasteiger partial charge in [-0.1, -0.05) is 17.8 Å². The van der Waals surface area contributed by atoms with Gasteiger partial charge >= 0.3 is 5.69 Å². The Hall–Kier alpha value is -1.87. The van der Waals surface area contributed by atoms with Crippen molar-refractivity contribution in [2.75, 3.05) is 5.75 Å². The van der Waals surface area contributed by atoms with Crippen molar-refractivity contribution in [1.82, 2.24) is 15.5 Å². The normalized spacial score (nSPS) is 10.4. The Bertz CT molecular complexity index is 609. The Kier molecular flexibility index (Phi) is 4.74. The van der Waals surface area contributed by atoms with Gasteiger partial charge in [0, 0.05) is 4.88 Å². The summed E-state index contributed by atoms with van der Waals surface area (Å²) < 4.78 is 0. The van der Waals surface area contributed by atoms with Crippen LogP contribution in [0, 0.1) is 17.0 Å². The molecule has 0 atom stereocenters. The van der Waals surface area contributed by atoms with Gasteiger partial charge in [0.05, 0.1) is 17.2 Å². The highest BCUT2D eigenvalue weighted by atomic mass is 32.2. The minimum Gasteiger partial charge on any atom is -0.350 e. The van der Waals surface area contributed by atoms with Crippen molar-refractivity contribution in [2.45, 2.75) is 18.5 Å². The van der Waals surface area contributed by atoms with E-state index in [-0.39, 0.29) is 22.4 Å². The van der Waals surface area contributed by atoms with Crippen molar-refractivity contribution in [2.24, 2.45) is 0 Å². The minimum absolute atomic E-state index is 0.0685. The van der Waals surface area contributed by atoms with Gasteiger partial charge in [0.2, 0.25) is 5.91 Å². The second-order valence-corrected chi connectivity index (χ2v) is 5.90. The average Bonchev–Trinajstić information content (AvgIpc) is 3.03. The summed E-state index contributed by atoms with van der Waals surface area (Å²) in [5, 5.41) is 22.2. The van der Waals surface area contributed by atoms with Crippen LogP contribution in [0.3, 0.4) is 0 Å². The molecule has 0 aromatic carbocycles. The number of amides is 1. The summed E-state index contributed by atoms with van der Waals surface area (Å²) in [6, 6.07) is 3.84. The summed E-state index contributed by atoms with van der Waals surface area (Å²) in [7, 11) is 0. The molecule has 2 heterocycles. The van der Waals surface area contributed by atoms with Crippen molar-refractivity contribution < 1.29 is 9.72 Å². The molecule has 2 aromatic rings. The lowest BCUT2D eigenvalue weighted by molar-refractivity contribution is -0.388. The van der Waals surface area contributed by atoms with Crippen LogP contribution in [0.2, 0.25) is 0 Å². The fourth-order valence-electron chi connectivity index (χ4n) is 1.50. The van der Waals surface area contributed by atoms with Gasteiger partial charge < -0.3 is 5.32 Å². The number of hydrogen-bond acceptors (Lipinski definition) is 6. The summed E-state index contributed by atoms with van der Waals surface area (Å²) in [5.41, 5.74) is 0.317. The topological polar surface area (TPSA) is 101 Å². The molecule has 0 saturated carbocycles. The van der Waals surface area contributed by atoms with E-state index in [2.05, 4.69) is 15.5 Å². The smallest absolute Gasteiger partial charge is 0.323 e. The number of carbonyl (C=O) groups is 1. The third-order valence-corrected chi connectivity index (χ3v) is 4.29. The van der Waals surface area contributed by atoms with Crippen LogP contribution in [0.1, 0.15) is 10.6 Å². The number of nitro groups is 1. The fraction of sp³-hybridized carbons (Fsp3) is 0.273. The molecule has 1 amide bonds. The molecular weight excluding hydrogens is 300 g/mol. The van der Waals surface area contributed by atoms with Crippen LogP contribution in [0.15, 0.2) is 22.5 Å². The summed E-state index contributed by atoms with van der Waals surface area (Å²) in [5.74, 6) is -0.0883. The molecule has 0 fully saturated rings. The van der Waals surface area contributed by atoms with E-state index in [0.29, 0.717) is 12.2 Å². The third-order valence-electron chi connectivity index (χ3n) is 2.45. The predicted octanol–water partition coefficient (Wildman–Crippen LogP) is 2.10. The van der Waals surface area contributed by atoms with Crippen LogP contribution in [0.25, 0.3) is 0 Å². The number of rotatable bonds is 6. The number of hydrogen-bond donors (Lipinski definition) is 2. The average molecular weight is 312 g/mol. The van der Waals surface area contributed by atoms with E-state index in [1.807, 2.05) is 17.5 Å². The van der Waals surface area contributed by atoms with Gasteiger partial charge in [-0.2, -0.15) is 5.10 Å². The van der Waals surface area contributed by atoms with Crippen LogP contribution in [0.4, 0.5) is 5.69 Å². The quantitative estimate of drug-likeness (QED) is 0.483. The molecule has 0 aliphatic rings. The van der Waals surface area contributed by atoms with Gasteiger partial charge in [0.1, 0.15) is 5.69 Å². The van der Waals surface area contributed by atoms with Crippen LogP contribution < -0.4 is 5.32 Å². The van der Waals surface area contributed by atoms with Crippen LogP contribution >= 0.6 is 23.1 Å². The van der Waals surface area contributed by atoms with Gasteiger partial charge in [-0.25, -0.2) is 0 Å². The van der Waals surface area contributed by atoms with Crippen LogP contribution in [-0.2, 0) is 11.3 Å². The molecule has 0 aliphatic carbocycles. The molecule has 2 N–H and O–H groups in total. The molecule has 0 saturated heterocycles. The number of aryl methyl sites for hydroxylation is 1. The summed E-state index contributed by atoms with van der Waals surface area (Å²) in [6.07, 6.45) is 0. The zero-order chi connectivity index (χ0) is 14.5. The first-order valence-corrected chi connectivity index (χ1v) is 7.55. The van der Waals surface area contributed by atoms with Gasteiger partial charge in [0.15, 0.2) is 5.03 Å². The molecule has 2 rings (SSSR count). The number of aromatic nitrogens is 2. The summed E-state index contributed by atoms with van der Waals surface area (Å²) in [6.45, 7) is 2.05. The Labute approximate surface area is 122 Å². The molecule has 0 unspecified atom stereocenters. The second-order valence-electron chi connectivity index (χ2n) is 3.90. The lowest BCUT2D eigenvalue weighted by Gasteiger charge is -2.02. The van der Waals surface area contributed by atoms with E-state index < -0.39 is 4.92 Å². The van der Waals surface area contributed by atoms with Gasteiger partial charge in [-0.3, -0.25) is 20.0 Å². The molecule has 7 nitrogen and oxygen atoms in total. The largest absolute Gasteiger partial charge is 0.350 e. The second kappa shape index (κ2) is 6.53. The fourth-order valence-corrected chi connectivity index (χ4v) is 2.99. The van der Waals surface area contributed by atoms with Gasteiger partial charge in [0.25, 0.3) is 0 Å². The van der Waals surface area contributed by atoms with Crippen molar-refractivity contribution in [3.63, 3.8) is 0 Å². The molecule has 0 spiro atoms. The Morgan fingerprint density at radius 1 is 1.65 bits per heavy atom. The van der Waals surface area contributed by atoms with Crippen molar-refractivity contribution in [3.8, 4) is 0 Å². The number of H-pyrrole nitrogens is 1. The van der Waals surface area contributed by atoms with Crippen LogP contribution in [0.5, 0.6) is 0 Å². The molecule has 20 heavy (non-hydrogen) atoms. The van der Waals surface area contributed by atoms with E-state index in [0.717, 1.165) is 16.6 Å². The number of thioether (sulfide) groups is 1. The third kappa shape index (κ3) is 3.58. The van der Waals surface area contributed by atoms with Crippen molar-refractivity contribution in [1.29, 1.82) is 0 Å². The molecule has 0 radical (unpaired) electrons. The first-order valence-electron chi connectivity index (χ1n) is 5.69. The number of aromatic amines is 1. The maximum absolute atomic E-state index is 11.7. The molecule has 9 heteroatoms. The van der Waals surface area contributed by atoms with Crippen molar-refractivity contribution >= 4 is 34.7 Å². The maximum atomic E-state index is 11.7. The van der Waals surface area contributed by atoms with Gasteiger partial charge in [-0.05, 0) is 18.4 Å². The van der Waals surface area contributed by atoms with E-state index in [1.54, 1.807) is 18.3 Å². The Morgan fingerprint density at radius 2 is 2.45 bits per heavy atom. The lowest BCUT2D eigenvalue weighted by Crippen LogP contribution is -2.24. The van der Waals surface area contributed by atoms with E-state index in [1.165, 1.54) is 0 Å². The standard InChI is InChI=1S/C11H12N4O3S2/c1-7-10(15(17)18)11(14-13-7)20-6-9(16)12-5-8-3-2-4-19-8/h2-4H,5-6H2,1H3,(H,12,16)(H,13,14). The number of nitrogens with zero attached hydrogens (tertiary/aromatic N) is 2. The first-order chi connectivity index (χ1) is 9.58. The summed E-state index contributed by atoms with van der Waals surface area (Å²) in [4.78, 5) is 23.1. The van der Waals surface area contributed by atoms with E-state index >= 15 is 0 Å². The number of carbonyl (C=O) groups excluding carboxylic acids is 1. The zero-order valence-corrected chi connectivity index (χ0v) is 12.2. The highest BCUT2D eigenvalue weighted by molar-refractivity contribution is 8.00. The number of nitrogens with one attached hydrogen (secondary N) is 2. The number of thiophene rings is 1. The molecule has 0 aliphatic heterocycles. The van der Waals surface area contributed by atoms with E-state index in [9.17, 15) is 14.9 Å².